The van der Waals surface area contributed by atoms with Gasteiger partial charge in [-0.15, -0.1) is 0 Å². The number of halogens is 2. The fourth-order valence-electron chi connectivity index (χ4n) is 2.04. The molecule has 0 spiro atoms. The number of anilines is 1. The smallest absolute Gasteiger partial charge is 0.135 e. The van der Waals surface area contributed by atoms with Crippen LogP contribution < -0.4 is 11.1 Å². The molecular formula is C17H20ClFN2. The minimum atomic E-state index is -0.247. The van der Waals surface area contributed by atoms with Crippen molar-refractivity contribution in [3.8, 4) is 11.1 Å². The average molecular weight is 307 g/mol. The second kappa shape index (κ2) is 6.04. The first kappa shape index (κ1) is 15.8. The molecule has 0 saturated heterocycles. The lowest BCUT2D eigenvalue weighted by Gasteiger charge is -2.21. The van der Waals surface area contributed by atoms with Crippen LogP contribution in [0.1, 0.15) is 26.3 Å². The summed E-state index contributed by atoms with van der Waals surface area (Å²) in [6.45, 7) is 6.55. The van der Waals surface area contributed by atoms with Crippen LogP contribution in [-0.4, -0.2) is 5.54 Å². The lowest BCUT2D eigenvalue weighted by molar-refractivity contribution is 0.419. The van der Waals surface area contributed by atoms with Crippen molar-refractivity contribution in [3.63, 3.8) is 0 Å². The van der Waals surface area contributed by atoms with Crippen LogP contribution in [0.3, 0.4) is 0 Å². The first-order valence-corrected chi connectivity index (χ1v) is 7.23. The molecule has 0 heterocycles. The van der Waals surface area contributed by atoms with E-state index in [0.29, 0.717) is 28.4 Å². The first-order valence-electron chi connectivity index (χ1n) is 6.85. The zero-order valence-electron chi connectivity index (χ0n) is 12.5. The number of nitrogen functional groups attached to an aromatic ring is 1. The van der Waals surface area contributed by atoms with E-state index in [9.17, 15) is 4.39 Å². The van der Waals surface area contributed by atoms with Gasteiger partial charge in [-0.25, -0.2) is 4.39 Å². The van der Waals surface area contributed by atoms with E-state index in [0.717, 1.165) is 5.56 Å². The minimum absolute atomic E-state index is 0.0858. The van der Waals surface area contributed by atoms with E-state index in [-0.39, 0.29) is 11.4 Å². The van der Waals surface area contributed by atoms with Gasteiger partial charge in [0, 0.05) is 33.9 Å². The molecule has 21 heavy (non-hydrogen) atoms. The standard InChI is InChI=1S/C17H20ClFN2/c1-17(2,3)21-10-12-8-14(20)9-15(16(12)19)11-4-6-13(18)7-5-11/h4-9,21H,10,20H2,1-3H3. The Balaban J connectivity index is 2.39. The van der Waals surface area contributed by atoms with Crippen LogP contribution in [0.4, 0.5) is 10.1 Å². The van der Waals surface area contributed by atoms with Gasteiger partial charge in [-0.3, -0.25) is 0 Å². The van der Waals surface area contributed by atoms with Gasteiger partial charge in [-0.05, 0) is 50.6 Å². The van der Waals surface area contributed by atoms with Crippen molar-refractivity contribution in [2.24, 2.45) is 0 Å². The number of rotatable bonds is 3. The summed E-state index contributed by atoms with van der Waals surface area (Å²) in [5.41, 5.74) is 8.20. The summed E-state index contributed by atoms with van der Waals surface area (Å²) in [6, 6.07) is 10.4. The second-order valence-corrected chi connectivity index (χ2v) is 6.59. The van der Waals surface area contributed by atoms with Gasteiger partial charge >= 0.3 is 0 Å². The SMILES string of the molecule is CC(C)(C)NCc1cc(N)cc(-c2ccc(Cl)cc2)c1F. The maximum absolute atomic E-state index is 14.7. The van der Waals surface area contributed by atoms with E-state index in [1.54, 1.807) is 36.4 Å². The molecule has 0 bridgehead atoms. The topological polar surface area (TPSA) is 38.0 Å². The number of nitrogens with one attached hydrogen (secondary N) is 1. The van der Waals surface area contributed by atoms with Crippen molar-refractivity contribution in [2.75, 3.05) is 5.73 Å². The molecule has 3 N–H and O–H groups in total. The third-order valence-electron chi connectivity index (χ3n) is 3.13. The van der Waals surface area contributed by atoms with Gasteiger partial charge in [-0.2, -0.15) is 0 Å². The number of hydrogen-bond donors (Lipinski definition) is 2. The van der Waals surface area contributed by atoms with Crippen LogP contribution in [0, 0.1) is 5.82 Å². The molecule has 0 atom stereocenters. The van der Waals surface area contributed by atoms with Crippen molar-refractivity contribution in [1.29, 1.82) is 0 Å². The van der Waals surface area contributed by atoms with Gasteiger partial charge in [0.2, 0.25) is 0 Å². The highest BCUT2D eigenvalue weighted by atomic mass is 35.5. The summed E-state index contributed by atoms with van der Waals surface area (Å²) in [5.74, 6) is -0.247. The van der Waals surface area contributed by atoms with Crippen molar-refractivity contribution in [1.82, 2.24) is 5.32 Å². The Hall–Kier alpha value is -1.58. The van der Waals surface area contributed by atoms with Gasteiger partial charge in [0.25, 0.3) is 0 Å². The number of benzene rings is 2. The van der Waals surface area contributed by atoms with Crippen molar-refractivity contribution >= 4 is 17.3 Å². The van der Waals surface area contributed by atoms with Crippen molar-refractivity contribution in [2.45, 2.75) is 32.9 Å². The maximum Gasteiger partial charge on any atom is 0.135 e. The Bertz CT molecular complexity index is 630. The fraction of sp³-hybridized carbons (Fsp3) is 0.294. The molecule has 2 nitrogen and oxygen atoms in total. The number of nitrogens with two attached hydrogens (primary N) is 1. The van der Waals surface area contributed by atoms with Crippen LogP contribution >= 0.6 is 11.6 Å². The second-order valence-electron chi connectivity index (χ2n) is 6.15. The van der Waals surface area contributed by atoms with Gasteiger partial charge in [0.15, 0.2) is 0 Å². The molecule has 0 aromatic heterocycles. The van der Waals surface area contributed by atoms with Crippen LogP contribution in [0.2, 0.25) is 5.02 Å². The highest BCUT2D eigenvalue weighted by Gasteiger charge is 2.14. The summed E-state index contributed by atoms with van der Waals surface area (Å²) >= 11 is 5.87. The zero-order chi connectivity index (χ0) is 15.6. The molecule has 112 valence electrons. The first-order chi connectivity index (χ1) is 9.76. The van der Waals surface area contributed by atoms with E-state index < -0.39 is 0 Å². The summed E-state index contributed by atoms with van der Waals surface area (Å²) in [5, 5.41) is 3.90. The Kier molecular flexibility index (Phi) is 4.55. The van der Waals surface area contributed by atoms with Gasteiger partial charge in [0.1, 0.15) is 5.82 Å². The third-order valence-corrected chi connectivity index (χ3v) is 3.39. The molecule has 2 aromatic carbocycles. The average Bonchev–Trinajstić information content (AvgIpc) is 2.39. The van der Waals surface area contributed by atoms with Crippen LogP contribution in [0.25, 0.3) is 11.1 Å². The highest BCUT2D eigenvalue weighted by Crippen LogP contribution is 2.29. The van der Waals surface area contributed by atoms with Gasteiger partial charge in [0.05, 0.1) is 0 Å². The monoisotopic (exact) mass is 306 g/mol. The van der Waals surface area contributed by atoms with E-state index in [1.165, 1.54) is 0 Å². The maximum atomic E-state index is 14.7. The minimum Gasteiger partial charge on any atom is -0.399 e. The quantitative estimate of drug-likeness (QED) is 0.812. The largest absolute Gasteiger partial charge is 0.399 e. The molecule has 0 fully saturated rings. The molecule has 2 aromatic rings. The Labute approximate surface area is 130 Å². The Morgan fingerprint density at radius 2 is 1.76 bits per heavy atom. The Morgan fingerprint density at radius 1 is 1.14 bits per heavy atom. The highest BCUT2D eigenvalue weighted by molar-refractivity contribution is 6.30. The summed E-state index contributed by atoms with van der Waals surface area (Å²) in [6.07, 6.45) is 0. The summed E-state index contributed by atoms with van der Waals surface area (Å²) < 4.78 is 14.7. The van der Waals surface area contributed by atoms with E-state index in [1.807, 2.05) is 20.8 Å². The predicted molar refractivity (Wildman–Crippen MR) is 87.9 cm³/mol. The van der Waals surface area contributed by atoms with E-state index >= 15 is 0 Å². The molecule has 0 saturated carbocycles. The van der Waals surface area contributed by atoms with Gasteiger partial charge in [-0.1, -0.05) is 23.7 Å². The third kappa shape index (κ3) is 4.19. The predicted octanol–water partition coefficient (Wildman–Crippen LogP) is 4.62. The molecule has 0 unspecified atom stereocenters. The van der Waals surface area contributed by atoms with Crippen molar-refractivity contribution < 1.29 is 4.39 Å². The molecule has 0 aliphatic carbocycles. The lowest BCUT2D eigenvalue weighted by atomic mass is 10.00. The molecular weight excluding hydrogens is 287 g/mol. The summed E-state index contributed by atoms with van der Waals surface area (Å²) in [4.78, 5) is 0. The fourth-order valence-corrected chi connectivity index (χ4v) is 2.16. The van der Waals surface area contributed by atoms with E-state index in [4.69, 9.17) is 17.3 Å². The van der Waals surface area contributed by atoms with Crippen molar-refractivity contribution in [3.05, 3.63) is 52.8 Å². The molecule has 0 aliphatic rings. The van der Waals surface area contributed by atoms with Gasteiger partial charge < -0.3 is 11.1 Å². The molecule has 0 aliphatic heterocycles. The van der Waals surface area contributed by atoms with Crippen LogP contribution in [-0.2, 0) is 6.54 Å². The zero-order valence-corrected chi connectivity index (χ0v) is 13.3. The van der Waals surface area contributed by atoms with Crippen LogP contribution in [0.5, 0.6) is 0 Å². The summed E-state index contributed by atoms with van der Waals surface area (Å²) in [7, 11) is 0. The van der Waals surface area contributed by atoms with Crippen LogP contribution in [0.15, 0.2) is 36.4 Å². The van der Waals surface area contributed by atoms with E-state index in [2.05, 4.69) is 5.32 Å². The normalized spacial score (nSPS) is 11.7. The lowest BCUT2D eigenvalue weighted by Crippen LogP contribution is -2.35. The molecule has 0 amide bonds. The molecule has 4 heteroatoms. The number of hydrogen-bond acceptors (Lipinski definition) is 2. The Morgan fingerprint density at radius 3 is 2.33 bits per heavy atom. The molecule has 2 rings (SSSR count). The molecule has 0 radical (unpaired) electrons.